The Balaban J connectivity index is 2.00. The summed E-state index contributed by atoms with van der Waals surface area (Å²) >= 11 is 0. The minimum absolute atomic E-state index is 0.332. The zero-order chi connectivity index (χ0) is 14.4. The molecule has 1 unspecified atom stereocenters. The molecule has 1 atom stereocenters. The van der Waals surface area contributed by atoms with Crippen molar-refractivity contribution >= 4 is 5.97 Å². The average molecular weight is 277 g/mol. The number of carboxylic acids is 1. The molecule has 0 aromatic heterocycles. The van der Waals surface area contributed by atoms with Crippen molar-refractivity contribution in [3.63, 3.8) is 0 Å². The second kappa shape index (κ2) is 6.86. The third-order valence-electron chi connectivity index (χ3n) is 4.05. The molecular formula is C16H23NO3. The molecule has 1 fully saturated rings. The van der Waals surface area contributed by atoms with Crippen LogP contribution in [0.1, 0.15) is 50.1 Å². The number of carboxylic acid groups (broad SMARTS) is 1. The van der Waals surface area contributed by atoms with Gasteiger partial charge < -0.3 is 10.2 Å². The third kappa shape index (κ3) is 4.05. The molecule has 0 bridgehead atoms. The summed E-state index contributed by atoms with van der Waals surface area (Å²) < 4.78 is 0. The van der Waals surface area contributed by atoms with E-state index in [4.69, 9.17) is 0 Å². The molecule has 110 valence electrons. The lowest BCUT2D eigenvalue weighted by Crippen LogP contribution is -2.43. The molecule has 0 amide bonds. The van der Waals surface area contributed by atoms with Crippen LogP contribution in [0.4, 0.5) is 0 Å². The first-order chi connectivity index (χ1) is 9.61. The van der Waals surface area contributed by atoms with Crippen LogP contribution in [0.15, 0.2) is 30.3 Å². The van der Waals surface area contributed by atoms with Crippen molar-refractivity contribution in [2.45, 2.75) is 50.2 Å². The molecule has 1 aliphatic rings. The number of aliphatic carboxylic acids is 1. The maximum atomic E-state index is 11.4. The summed E-state index contributed by atoms with van der Waals surface area (Å²) in [6.07, 6.45) is 5.84. The van der Waals surface area contributed by atoms with Gasteiger partial charge in [-0.15, -0.1) is 0 Å². The maximum absolute atomic E-state index is 11.4. The van der Waals surface area contributed by atoms with Gasteiger partial charge in [0.25, 0.3) is 0 Å². The van der Waals surface area contributed by atoms with Gasteiger partial charge in [0.1, 0.15) is 6.04 Å². The standard InChI is InChI=1S/C16H23NO3/c18-15(19)14(13-8-4-3-5-9-13)17-12-16(20)10-6-1-2-7-11-16/h3-5,8-9,14,17,20H,1-2,6-7,10-12H2,(H,18,19). The predicted octanol–water partition coefficient (Wildman–Crippen LogP) is 2.49. The zero-order valence-electron chi connectivity index (χ0n) is 11.7. The number of hydrogen-bond acceptors (Lipinski definition) is 3. The summed E-state index contributed by atoms with van der Waals surface area (Å²) in [6.45, 7) is 0.332. The highest BCUT2D eigenvalue weighted by atomic mass is 16.4. The number of carbonyl (C=O) groups is 1. The Morgan fingerprint density at radius 2 is 1.75 bits per heavy atom. The second-order valence-corrected chi connectivity index (χ2v) is 5.70. The molecule has 2 rings (SSSR count). The summed E-state index contributed by atoms with van der Waals surface area (Å²) in [5, 5.41) is 22.9. The van der Waals surface area contributed by atoms with E-state index >= 15 is 0 Å². The summed E-state index contributed by atoms with van der Waals surface area (Å²) in [6, 6.07) is 8.34. The van der Waals surface area contributed by atoms with Crippen molar-refractivity contribution in [2.24, 2.45) is 0 Å². The van der Waals surface area contributed by atoms with E-state index in [1.54, 1.807) is 12.1 Å². The van der Waals surface area contributed by atoms with Gasteiger partial charge in [0, 0.05) is 6.54 Å². The molecule has 4 nitrogen and oxygen atoms in total. The Labute approximate surface area is 119 Å². The average Bonchev–Trinajstić information content (AvgIpc) is 2.65. The van der Waals surface area contributed by atoms with Crippen molar-refractivity contribution in [3.05, 3.63) is 35.9 Å². The SMILES string of the molecule is O=C(O)C(NCC1(O)CCCCCC1)c1ccccc1. The van der Waals surface area contributed by atoms with Crippen LogP contribution in [0.2, 0.25) is 0 Å². The molecule has 0 heterocycles. The van der Waals surface area contributed by atoms with Crippen LogP contribution in [-0.2, 0) is 4.79 Å². The third-order valence-corrected chi connectivity index (χ3v) is 4.05. The molecular weight excluding hydrogens is 254 g/mol. The smallest absolute Gasteiger partial charge is 0.325 e. The Hall–Kier alpha value is -1.39. The minimum Gasteiger partial charge on any atom is -0.480 e. The summed E-state index contributed by atoms with van der Waals surface area (Å²) in [5.41, 5.74) is -0.0453. The van der Waals surface area contributed by atoms with E-state index in [0.29, 0.717) is 6.54 Å². The van der Waals surface area contributed by atoms with Gasteiger partial charge in [-0.1, -0.05) is 56.0 Å². The summed E-state index contributed by atoms with van der Waals surface area (Å²) in [4.78, 5) is 11.4. The van der Waals surface area contributed by atoms with E-state index < -0.39 is 17.6 Å². The lowest BCUT2D eigenvalue weighted by molar-refractivity contribution is -0.140. The number of rotatable bonds is 5. The molecule has 0 spiro atoms. The Morgan fingerprint density at radius 1 is 1.15 bits per heavy atom. The number of nitrogens with one attached hydrogen (secondary N) is 1. The van der Waals surface area contributed by atoms with E-state index in [9.17, 15) is 15.0 Å². The van der Waals surface area contributed by atoms with Crippen molar-refractivity contribution < 1.29 is 15.0 Å². The van der Waals surface area contributed by atoms with E-state index in [-0.39, 0.29) is 0 Å². The van der Waals surface area contributed by atoms with E-state index in [1.807, 2.05) is 18.2 Å². The number of aliphatic hydroxyl groups is 1. The maximum Gasteiger partial charge on any atom is 0.325 e. The molecule has 0 aliphatic heterocycles. The molecule has 1 saturated carbocycles. The molecule has 20 heavy (non-hydrogen) atoms. The van der Waals surface area contributed by atoms with Crippen LogP contribution in [0.5, 0.6) is 0 Å². The number of hydrogen-bond donors (Lipinski definition) is 3. The molecule has 1 aromatic rings. The summed E-state index contributed by atoms with van der Waals surface area (Å²) in [7, 11) is 0. The van der Waals surface area contributed by atoms with Gasteiger partial charge in [-0.2, -0.15) is 0 Å². The van der Waals surface area contributed by atoms with Gasteiger partial charge in [-0.25, -0.2) is 0 Å². The lowest BCUT2D eigenvalue weighted by atomic mass is 9.93. The van der Waals surface area contributed by atoms with E-state index in [1.165, 1.54) is 0 Å². The van der Waals surface area contributed by atoms with Crippen LogP contribution in [-0.4, -0.2) is 28.3 Å². The van der Waals surface area contributed by atoms with Crippen molar-refractivity contribution in [2.75, 3.05) is 6.54 Å². The first-order valence-electron chi connectivity index (χ1n) is 7.34. The second-order valence-electron chi connectivity index (χ2n) is 5.70. The van der Waals surface area contributed by atoms with Gasteiger partial charge in [0.05, 0.1) is 5.60 Å². The highest BCUT2D eigenvalue weighted by Crippen LogP contribution is 2.27. The lowest BCUT2D eigenvalue weighted by Gasteiger charge is -2.28. The number of benzene rings is 1. The van der Waals surface area contributed by atoms with Gasteiger partial charge in [-0.3, -0.25) is 10.1 Å². The first-order valence-corrected chi connectivity index (χ1v) is 7.34. The summed E-state index contributed by atoms with van der Waals surface area (Å²) in [5.74, 6) is -0.909. The monoisotopic (exact) mass is 277 g/mol. The normalized spacial score (nSPS) is 20.1. The molecule has 0 saturated heterocycles. The van der Waals surface area contributed by atoms with Gasteiger partial charge in [0.2, 0.25) is 0 Å². The molecule has 4 heteroatoms. The van der Waals surface area contributed by atoms with Crippen LogP contribution >= 0.6 is 0 Å². The van der Waals surface area contributed by atoms with Gasteiger partial charge >= 0.3 is 5.97 Å². The fourth-order valence-corrected chi connectivity index (χ4v) is 2.85. The highest BCUT2D eigenvalue weighted by Gasteiger charge is 2.30. The molecule has 1 aliphatic carbocycles. The molecule has 0 radical (unpaired) electrons. The Morgan fingerprint density at radius 3 is 2.30 bits per heavy atom. The fourth-order valence-electron chi connectivity index (χ4n) is 2.85. The Kier molecular flexibility index (Phi) is 5.15. The molecule has 1 aromatic carbocycles. The van der Waals surface area contributed by atoms with Crippen LogP contribution < -0.4 is 5.32 Å². The Bertz CT molecular complexity index is 425. The van der Waals surface area contributed by atoms with Crippen LogP contribution in [0, 0.1) is 0 Å². The van der Waals surface area contributed by atoms with Crippen LogP contribution in [0.25, 0.3) is 0 Å². The quantitative estimate of drug-likeness (QED) is 0.723. The predicted molar refractivity (Wildman–Crippen MR) is 77.5 cm³/mol. The topological polar surface area (TPSA) is 69.6 Å². The van der Waals surface area contributed by atoms with Crippen molar-refractivity contribution in [1.29, 1.82) is 0 Å². The van der Waals surface area contributed by atoms with Gasteiger partial charge in [0.15, 0.2) is 0 Å². The van der Waals surface area contributed by atoms with Crippen molar-refractivity contribution in [3.8, 4) is 0 Å². The van der Waals surface area contributed by atoms with Crippen molar-refractivity contribution in [1.82, 2.24) is 5.32 Å². The first kappa shape index (κ1) is 15.0. The van der Waals surface area contributed by atoms with Gasteiger partial charge in [-0.05, 0) is 18.4 Å². The largest absolute Gasteiger partial charge is 0.480 e. The minimum atomic E-state index is -0.909. The van der Waals surface area contributed by atoms with E-state index in [0.717, 1.165) is 44.1 Å². The van der Waals surface area contributed by atoms with Crippen LogP contribution in [0.3, 0.4) is 0 Å². The highest BCUT2D eigenvalue weighted by molar-refractivity contribution is 5.75. The fraction of sp³-hybridized carbons (Fsp3) is 0.562. The zero-order valence-corrected chi connectivity index (χ0v) is 11.7. The molecule has 3 N–H and O–H groups in total. The van der Waals surface area contributed by atoms with E-state index in [2.05, 4.69) is 5.32 Å².